The molecule has 112 valence electrons. The van der Waals surface area contributed by atoms with Gasteiger partial charge in [0, 0.05) is 32.7 Å². The molecular weight excluding hydrogens is 252 g/mol. The molecule has 1 N–H and O–H groups in total. The van der Waals surface area contributed by atoms with Gasteiger partial charge < -0.3 is 15.0 Å². The summed E-state index contributed by atoms with van der Waals surface area (Å²) >= 11 is 0. The number of anilines is 1. The maximum atomic E-state index is 11.2. The molecule has 0 aliphatic carbocycles. The molecule has 0 aliphatic heterocycles. The van der Waals surface area contributed by atoms with Crippen LogP contribution in [0.2, 0.25) is 0 Å². The molecule has 4 nitrogen and oxygen atoms in total. The summed E-state index contributed by atoms with van der Waals surface area (Å²) in [6.45, 7) is 3.83. The molecule has 0 aromatic heterocycles. The van der Waals surface area contributed by atoms with Gasteiger partial charge >= 0.3 is 0 Å². The number of carbonyl (C=O) groups excluding carboxylic acids is 1. The first-order valence-electron chi connectivity index (χ1n) is 7.24. The molecule has 1 amide bonds. The van der Waals surface area contributed by atoms with Gasteiger partial charge in [-0.05, 0) is 24.5 Å². The van der Waals surface area contributed by atoms with Gasteiger partial charge in [0.1, 0.15) is 0 Å². The van der Waals surface area contributed by atoms with E-state index in [-0.39, 0.29) is 5.91 Å². The number of carbonyl (C=O) groups is 1. The van der Waals surface area contributed by atoms with Crippen LogP contribution in [0.1, 0.15) is 25.3 Å². The van der Waals surface area contributed by atoms with E-state index < -0.39 is 0 Å². The lowest BCUT2D eigenvalue weighted by Crippen LogP contribution is -2.27. The second-order valence-electron chi connectivity index (χ2n) is 4.99. The first kappa shape index (κ1) is 16.5. The minimum Gasteiger partial charge on any atom is -0.379 e. The SMILES string of the molecule is CCCC(=O)NCCOCCc1ccccc1N(C)C. The molecular formula is C16H26N2O2. The Morgan fingerprint density at radius 1 is 1.25 bits per heavy atom. The number of hydrogen-bond acceptors (Lipinski definition) is 3. The highest BCUT2D eigenvalue weighted by molar-refractivity contribution is 5.75. The summed E-state index contributed by atoms with van der Waals surface area (Å²) in [6.07, 6.45) is 2.36. The van der Waals surface area contributed by atoms with E-state index in [2.05, 4.69) is 22.3 Å². The number of para-hydroxylation sites is 1. The van der Waals surface area contributed by atoms with Crippen molar-refractivity contribution in [2.75, 3.05) is 38.8 Å². The van der Waals surface area contributed by atoms with Crippen LogP contribution in [-0.2, 0) is 16.0 Å². The van der Waals surface area contributed by atoms with Crippen molar-refractivity contribution in [2.24, 2.45) is 0 Å². The third kappa shape index (κ3) is 6.06. The van der Waals surface area contributed by atoms with E-state index in [9.17, 15) is 4.79 Å². The Hall–Kier alpha value is -1.55. The van der Waals surface area contributed by atoms with Crippen molar-refractivity contribution in [3.8, 4) is 0 Å². The number of amides is 1. The summed E-state index contributed by atoms with van der Waals surface area (Å²) in [5, 5.41) is 2.84. The van der Waals surface area contributed by atoms with Crippen LogP contribution in [0.3, 0.4) is 0 Å². The molecule has 0 radical (unpaired) electrons. The largest absolute Gasteiger partial charge is 0.379 e. The Morgan fingerprint density at radius 3 is 2.70 bits per heavy atom. The summed E-state index contributed by atoms with van der Waals surface area (Å²) in [6, 6.07) is 8.33. The van der Waals surface area contributed by atoms with E-state index in [0.717, 1.165) is 12.8 Å². The van der Waals surface area contributed by atoms with Crippen LogP contribution in [0, 0.1) is 0 Å². The molecule has 0 aliphatic rings. The van der Waals surface area contributed by atoms with Crippen LogP contribution in [0.25, 0.3) is 0 Å². The molecule has 0 unspecified atom stereocenters. The van der Waals surface area contributed by atoms with Crippen molar-refractivity contribution in [3.05, 3.63) is 29.8 Å². The van der Waals surface area contributed by atoms with Crippen molar-refractivity contribution < 1.29 is 9.53 Å². The Bertz CT molecular complexity index is 405. The summed E-state index contributed by atoms with van der Waals surface area (Å²) in [4.78, 5) is 13.4. The van der Waals surface area contributed by atoms with Crippen LogP contribution in [0.5, 0.6) is 0 Å². The fourth-order valence-electron chi connectivity index (χ4n) is 2.02. The number of hydrogen-bond donors (Lipinski definition) is 1. The highest BCUT2D eigenvalue weighted by Crippen LogP contribution is 2.18. The van der Waals surface area contributed by atoms with E-state index in [1.165, 1.54) is 11.3 Å². The first-order valence-corrected chi connectivity index (χ1v) is 7.24. The van der Waals surface area contributed by atoms with Gasteiger partial charge in [0.25, 0.3) is 0 Å². The first-order chi connectivity index (χ1) is 9.65. The van der Waals surface area contributed by atoms with E-state index in [0.29, 0.717) is 26.2 Å². The maximum absolute atomic E-state index is 11.2. The van der Waals surface area contributed by atoms with Gasteiger partial charge in [-0.2, -0.15) is 0 Å². The van der Waals surface area contributed by atoms with E-state index in [4.69, 9.17) is 4.74 Å². The lowest BCUT2D eigenvalue weighted by Gasteiger charge is -2.17. The minimum atomic E-state index is 0.106. The fourth-order valence-corrected chi connectivity index (χ4v) is 2.02. The number of ether oxygens (including phenoxy) is 1. The highest BCUT2D eigenvalue weighted by Gasteiger charge is 2.03. The van der Waals surface area contributed by atoms with Crippen LogP contribution < -0.4 is 10.2 Å². The monoisotopic (exact) mass is 278 g/mol. The normalized spacial score (nSPS) is 10.3. The van der Waals surface area contributed by atoms with E-state index in [1.54, 1.807) is 0 Å². The molecule has 0 bridgehead atoms. The number of benzene rings is 1. The zero-order chi connectivity index (χ0) is 14.8. The molecule has 0 fully saturated rings. The van der Waals surface area contributed by atoms with Crippen LogP contribution >= 0.6 is 0 Å². The van der Waals surface area contributed by atoms with Gasteiger partial charge in [-0.15, -0.1) is 0 Å². The standard InChI is InChI=1S/C16H26N2O2/c1-4-7-16(19)17-11-13-20-12-10-14-8-5-6-9-15(14)18(2)3/h5-6,8-9H,4,7,10-13H2,1-3H3,(H,17,19). The second kappa shape index (κ2) is 9.37. The highest BCUT2D eigenvalue weighted by atomic mass is 16.5. The second-order valence-corrected chi connectivity index (χ2v) is 4.99. The van der Waals surface area contributed by atoms with Crippen LogP contribution in [0.15, 0.2) is 24.3 Å². The zero-order valence-electron chi connectivity index (χ0n) is 12.8. The van der Waals surface area contributed by atoms with Crippen LogP contribution in [0.4, 0.5) is 5.69 Å². The molecule has 0 atom stereocenters. The van der Waals surface area contributed by atoms with E-state index in [1.807, 2.05) is 33.2 Å². The Balaban J connectivity index is 2.20. The molecule has 0 spiro atoms. The minimum absolute atomic E-state index is 0.106. The third-order valence-corrected chi connectivity index (χ3v) is 3.03. The Labute approximate surface area is 122 Å². The van der Waals surface area contributed by atoms with Crippen molar-refractivity contribution in [1.82, 2.24) is 5.32 Å². The van der Waals surface area contributed by atoms with Crippen molar-refractivity contribution >= 4 is 11.6 Å². The van der Waals surface area contributed by atoms with Gasteiger partial charge in [0.05, 0.1) is 13.2 Å². The third-order valence-electron chi connectivity index (χ3n) is 3.03. The quantitative estimate of drug-likeness (QED) is 0.704. The molecule has 1 aromatic rings. The van der Waals surface area contributed by atoms with Crippen molar-refractivity contribution in [2.45, 2.75) is 26.2 Å². The molecule has 1 aromatic carbocycles. The molecule has 0 saturated heterocycles. The fraction of sp³-hybridized carbons (Fsp3) is 0.562. The predicted octanol–water partition coefficient (Wildman–Crippen LogP) is 2.23. The summed E-state index contributed by atoms with van der Waals surface area (Å²) in [7, 11) is 4.09. The number of nitrogens with one attached hydrogen (secondary N) is 1. The van der Waals surface area contributed by atoms with Crippen molar-refractivity contribution in [3.63, 3.8) is 0 Å². The Morgan fingerprint density at radius 2 is 2.00 bits per heavy atom. The number of rotatable bonds is 9. The summed E-state index contributed by atoms with van der Waals surface area (Å²) < 4.78 is 5.57. The molecule has 0 heterocycles. The average molecular weight is 278 g/mol. The lowest BCUT2D eigenvalue weighted by atomic mass is 10.1. The molecule has 20 heavy (non-hydrogen) atoms. The topological polar surface area (TPSA) is 41.6 Å². The van der Waals surface area contributed by atoms with Gasteiger partial charge in [-0.3, -0.25) is 4.79 Å². The molecule has 0 saturated carbocycles. The maximum Gasteiger partial charge on any atom is 0.220 e. The van der Waals surface area contributed by atoms with Gasteiger partial charge in [0.2, 0.25) is 5.91 Å². The molecule has 1 rings (SSSR count). The van der Waals surface area contributed by atoms with Crippen molar-refractivity contribution in [1.29, 1.82) is 0 Å². The summed E-state index contributed by atoms with van der Waals surface area (Å²) in [5.41, 5.74) is 2.51. The van der Waals surface area contributed by atoms with Gasteiger partial charge in [0.15, 0.2) is 0 Å². The van der Waals surface area contributed by atoms with Gasteiger partial charge in [-0.1, -0.05) is 25.1 Å². The smallest absolute Gasteiger partial charge is 0.220 e. The van der Waals surface area contributed by atoms with Gasteiger partial charge in [-0.25, -0.2) is 0 Å². The number of nitrogens with zero attached hydrogens (tertiary/aromatic N) is 1. The van der Waals surface area contributed by atoms with E-state index >= 15 is 0 Å². The summed E-state index contributed by atoms with van der Waals surface area (Å²) in [5.74, 6) is 0.106. The predicted molar refractivity (Wildman–Crippen MR) is 83.2 cm³/mol. The average Bonchev–Trinajstić information content (AvgIpc) is 2.43. The zero-order valence-corrected chi connectivity index (χ0v) is 12.8. The Kier molecular flexibility index (Phi) is 7.73. The molecule has 4 heteroatoms. The van der Waals surface area contributed by atoms with Crippen LogP contribution in [-0.4, -0.2) is 39.8 Å². The lowest BCUT2D eigenvalue weighted by molar-refractivity contribution is -0.121.